The second kappa shape index (κ2) is 8.04. The summed E-state index contributed by atoms with van der Waals surface area (Å²) in [4.78, 5) is 4.81. The van der Waals surface area contributed by atoms with Gasteiger partial charge in [-0.25, -0.2) is 4.98 Å². The topological polar surface area (TPSA) is 39.1 Å². The molecular formula is C23H25BrF3N3O. The standard InChI is InChI=1S/C23H25BrF3N3O/c1-14-10-17(13-22(2,3)12-14)30-20-9-4-15(24)11-19(20)29-21(30)28-16-5-7-18(8-6-16)31-23(25,26)27/h4-9,11,14,17H,10,12-13H2,1-3H3,(H,28,29). The molecule has 2 atom stereocenters. The van der Waals surface area contributed by atoms with Crippen molar-refractivity contribution in [2.75, 3.05) is 5.32 Å². The number of hydrogen-bond donors (Lipinski definition) is 1. The molecule has 1 aliphatic carbocycles. The summed E-state index contributed by atoms with van der Waals surface area (Å²) in [6.45, 7) is 6.89. The lowest BCUT2D eigenvalue weighted by molar-refractivity contribution is -0.274. The molecule has 8 heteroatoms. The van der Waals surface area contributed by atoms with Crippen LogP contribution in [0.3, 0.4) is 0 Å². The Bertz CT molecular complexity index is 1080. The van der Waals surface area contributed by atoms with Crippen LogP contribution < -0.4 is 10.1 Å². The number of fused-ring (bicyclic) bond motifs is 1. The van der Waals surface area contributed by atoms with E-state index in [0.29, 0.717) is 17.6 Å². The molecule has 4 nitrogen and oxygen atoms in total. The van der Waals surface area contributed by atoms with Gasteiger partial charge in [0.15, 0.2) is 0 Å². The van der Waals surface area contributed by atoms with E-state index in [1.807, 2.05) is 12.1 Å². The van der Waals surface area contributed by atoms with Crippen molar-refractivity contribution >= 4 is 38.6 Å². The summed E-state index contributed by atoms with van der Waals surface area (Å²) in [5, 5.41) is 3.31. The van der Waals surface area contributed by atoms with E-state index in [2.05, 4.69) is 57.4 Å². The summed E-state index contributed by atoms with van der Waals surface area (Å²) in [5.74, 6) is 1.03. The Kier molecular flexibility index (Phi) is 5.70. The molecule has 1 aromatic heterocycles. The predicted octanol–water partition coefficient (Wildman–Crippen LogP) is 7.83. The van der Waals surface area contributed by atoms with E-state index in [1.165, 1.54) is 18.6 Å². The number of imidazole rings is 1. The molecule has 0 aliphatic heterocycles. The smallest absolute Gasteiger partial charge is 0.406 e. The summed E-state index contributed by atoms with van der Waals surface area (Å²) in [5.41, 5.74) is 2.78. The Morgan fingerprint density at radius 1 is 1.13 bits per heavy atom. The van der Waals surface area contributed by atoms with Gasteiger partial charge in [-0.1, -0.05) is 36.7 Å². The minimum atomic E-state index is -4.71. The number of benzene rings is 2. The van der Waals surface area contributed by atoms with Gasteiger partial charge in [-0.2, -0.15) is 0 Å². The monoisotopic (exact) mass is 495 g/mol. The fourth-order valence-electron chi connectivity index (χ4n) is 4.89. The summed E-state index contributed by atoms with van der Waals surface area (Å²) in [7, 11) is 0. The van der Waals surface area contributed by atoms with E-state index in [0.717, 1.165) is 28.3 Å². The molecule has 1 saturated carbocycles. The maximum Gasteiger partial charge on any atom is 0.573 e. The van der Waals surface area contributed by atoms with Crippen molar-refractivity contribution in [1.82, 2.24) is 9.55 Å². The van der Waals surface area contributed by atoms with Gasteiger partial charge in [-0.3, -0.25) is 0 Å². The summed E-state index contributed by atoms with van der Waals surface area (Å²) in [6, 6.07) is 12.0. The van der Waals surface area contributed by atoms with Crippen LogP contribution in [0.25, 0.3) is 11.0 Å². The second-order valence-electron chi connectivity index (χ2n) is 9.20. The van der Waals surface area contributed by atoms with Gasteiger partial charge >= 0.3 is 6.36 Å². The highest BCUT2D eigenvalue weighted by atomic mass is 79.9. The Morgan fingerprint density at radius 2 is 1.84 bits per heavy atom. The highest BCUT2D eigenvalue weighted by molar-refractivity contribution is 9.10. The number of anilines is 2. The van der Waals surface area contributed by atoms with Crippen molar-refractivity contribution < 1.29 is 17.9 Å². The maximum atomic E-state index is 12.4. The van der Waals surface area contributed by atoms with Crippen LogP contribution in [0.5, 0.6) is 5.75 Å². The van der Waals surface area contributed by atoms with E-state index in [1.54, 1.807) is 12.1 Å². The van der Waals surface area contributed by atoms with Crippen molar-refractivity contribution in [3.05, 3.63) is 46.9 Å². The normalized spacial score (nSPS) is 21.3. The molecular weight excluding hydrogens is 471 g/mol. The Balaban J connectivity index is 1.70. The molecule has 1 heterocycles. The van der Waals surface area contributed by atoms with Crippen molar-refractivity contribution in [2.24, 2.45) is 11.3 Å². The van der Waals surface area contributed by atoms with Gasteiger partial charge in [0.05, 0.1) is 11.0 Å². The molecule has 0 amide bonds. The van der Waals surface area contributed by atoms with Gasteiger partial charge in [0.25, 0.3) is 0 Å². The van der Waals surface area contributed by atoms with Crippen LogP contribution in [-0.4, -0.2) is 15.9 Å². The van der Waals surface area contributed by atoms with Gasteiger partial charge < -0.3 is 14.6 Å². The molecule has 0 radical (unpaired) electrons. The number of aromatic nitrogens is 2. The molecule has 0 bridgehead atoms. The van der Waals surface area contributed by atoms with E-state index in [9.17, 15) is 13.2 Å². The van der Waals surface area contributed by atoms with Crippen molar-refractivity contribution in [3.63, 3.8) is 0 Å². The number of ether oxygens (including phenoxy) is 1. The first kappa shape index (κ1) is 22.0. The van der Waals surface area contributed by atoms with Crippen molar-refractivity contribution in [3.8, 4) is 5.75 Å². The highest BCUT2D eigenvalue weighted by Crippen LogP contribution is 2.46. The van der Waals surface area contributed by atoms with E-state index < -0.39 is 6.36 Å². The average Bonchev–Trinajstić information content (AvgIpc) is 2.97. The largest absolute Gasteiger partial charge is 0.573 e. The van der Waals surface area contributed by atoms with E-state index >= 15 is 0 Å². The highest BCUT2D eigenvalue weighted by Gasteiger charge is 2.35. The summed E-state index contributed by atoms with van der Waals surface area (Å²) in [6.07, 6.45) is -1.43. The van der Waals surface area contributed by atoms with Crippen LogP contribution in [0.4, 0.5) is 24.8 Å². The lowest BCUT2D eigenvalue weighted by atomic mass is 9.70. The molecule has 1 aliphatic rings. The van der Waals surface area contributed by atoms with Gasteiger partial charge in [-0.05, 0) is 73.1 Å². The number of halogens is 4. The maximum absolute atomic E-state index is 12.4. The second-order valence-corrected chi connectivity index (χ2v) is 10.1. The number of alkyl halides is 3. The molecule has 4 rings (SSSR count). The SMILES string of the molecule is CC1CC(n2c(Nc3ccc(OC(F)(F)F)cc3)nc3cc(Br)ccc32)CC(C)(C)C1. The molecule has 2 unspecified atom stereocenters. The Morgan fingerprint density at radius 3 is 2.48 bits per heavy atom. The Hall–Kier alpha value is -2.22. The molecule has 0 spiro atoms. The third kappa shape index (κ3) is 5.17. The van der Waals surface area contributed by atoms with Crippen molar-refractivity contribution in [2.45, 2.75) is 52.4 Å². The van der Waals surface area contributed by atoms with Gasteiger partial charge in [0, 0.05) is 16.2 Å². The summed E-state index contributed by atoms with van der Waals surface area (Å²) >= 11 is 3.51. The zero-order valence-corrected chi connectivity index (χ0v) is 19.2. The van der Waals surface area contributed by atoms with Crippen LogP contribution >= 0.6 is 15.9 Å². The zero-order chi connectivity index (χ0) is 22.4. The lowest BCUT2D eigenvalue weighted by Gasteiger charge is -2.40. The van der Waals surface area contributed by atoms with Crippen LogP contribution in [0.15, 0.2) is 46.9 Å². The third-order valence-electron chi connectivity index (χ3n) is 5.72. The van der Waals surface area contributed by atoms with Crippen LogP contribution in [0, 0.1) is 11.3 Å². The molecule has 31 heavy (non-hydrogen) atoms. The molecule has 2 aromatic carbocycles. The van der Waals surface area contributed by atoms with Gasteiger partial charge in [0.1, 0.15) is 5.75 Å². The molecule has 1 fully saturated rings. The van der Waals surface area contributed by atoms with Crippen LogP contribution in [0.1, 0.15) is 46.1 Å². The third-order valence-corrected chi connectivity index (χ3v) is 6.22. The number of rotatable bonds is 4. The van der Waals surface area contributed by atoms with Gasteiger partial charge in [-0.15, -0.1) is 13.2 Å². The minimum absolute atomic E-state index is 0.224. The predicted molar refractivity (Wildman–Crippen MR) is 120 cm³/mol. The van der Waals surface area contributed by atoms with Crippen LogP contribution in [-0.2, 0) is 0 Å². The first-order chi connectivity index (χ1) is 14.5. The summed E-state index contributed by atoms with van der Waals surface area (Å²) < 4.78 is 44.5. The Labute approximate surface area is 187 Å². The minimum Gasteiger partial charge on any atom is -0.406 e. The number of hydrogen-bond acceptors (Lipinski definition) is 3. The zero-order valence-electron chi connectivity index (χ0n) is 17.6. The molecule has 1 N–H and O–H groups in total. The fourth-order valence-corrected chi connectivity index (χ4v) is 5.24. The van der Waals surface area contributed by atoms with E-state index in [-0.39, 0.29) is 17.2 Å². The first-order valence-corrected chi connectivity index (χ1v) is 11.1. The lowest BCUT2D eigenvalue weighted by Crippen LogP contribution is -2.29. The molecule has 0 saturated heterocycles. The number of nitrogens with one attached hydrogen (secondary N) is 1. The first-order valence-electron chi connectivity index (χ1n) is 10.3. The fraction of sp³-hybridized carbons (Fsp3) is 0.435. The number of nitrogens with zero attached hydrogens (tertiary/aromatic N) is 2. The van der Waals surface area contributed by atoms with Crippen molar-refractivity contribution in [1.29, 1.82) is 0 Å². The van der Waals surface area contributed by atoms with E-state index in [4.69, 9.17) is 4.98 Å². The van der Waals surface area contributed by atoms with Crippen LogP contribution in [0.2, 0.25) is 0 Å². The van der Waals surface area contributed by atoms with Gasteiger partial charge in [0.2, 0.25) is 5.95 Å². The molecule has 3 aromatic rings. The molecule has 166 valence electrons. The average molecular weight is 496 g/mol. The quantitative estimate of drug-likeness (QED) is 0.400.